The second kappa shape index (κ2) is 5.35. The van der Waals surface area contributed by atoms with E-state index >= 15 is 0 Å². The van der Waals surface area contributed by atoms with Gasteiger partial charge in [0.1, 0.15) is 17.2 Å². The zero-order valence-corrected chi connectivity index (χ0v) is 13.1. The number of anilines is 1. The van der Waals surface area contributed by atoms with Gasteiger partial charge in [-0.15, -0.1) is 0 Å². The fourth-order valence-corrected chi connectivity index (χ4v) is 3.82. The number of rotatable bonds is 3. The van der Waals surface area contributed by atoms with Crippen molar-refractivity contribution in [3.05, 3.63) is 40.2 Å². The van der Waals surface area contributed by atoms with Gasteiger partial charge in [0.15, 0.2) is 0 Å². The fourth-order valence-electron chi connectivity index (χ4n) is 3.02. The molecule has 3 nitrogen and oxygen atoms in total. The monoisotopic (exact) mass is 317 g/mol. The maximum absolute atomic E-state index is 6.17. The highest BCUT2D eigenvalue weighted by Gasteiger charge is 2.20. The Morgan fingerprint density at radius 1 is 1.24 bits per heavy atom. The zero-order chi connectivity index (χ0) is 14.2. The molecule has 1 aliphatic rings. The van der Waals surface area contributed by atoms with Crippen LogP contribution in [0, 0.1) is 0 Å². The first kappa shape index (κ1) is 13.2. The van der Waals surface area contributed by atoms with Crippen LogP contribution in [-0.4, -0.2) is 15.4 Å². The van der Waals surface area contributed by atoms with Crippen LogP contribution in [0.3, 0.4) is 0 Å². The van der Waals surface area contributed by atoms with E-state index in [9.17, 15) is 0 Å². The van der Waals surface area contributed by atoms with Crippen LogP contribution in [0.1, 0.15) is 25.7 Å². The lowest BCUT2D eigenvalue weighted by atomic mass is 10.2. The van der Waals surface area contributed by atoms with Crippen LogP contribution < -0.4 is 5.32 Å². The van der Waals surface area contributed by atoms with Gasteiger partial charge in [-0.25, -0.2) is 4.98 Å². The number of nitrogens with zero attached hydrogens (tertiary/aromatic N) is 2. The minimum Gasteiger partial charge on any atom is -0.367 e. The Kier molecular flexibility index (Phi) is 3.36. The topological polar surface area (TPSA) is 29.3 Å². The lowest BCUT2D eigenvalue weighted by molar-refractivity contribution is 0.749. The van der Waals surface area contributed by atoms with E-state index in [0.29, 0.717) is 6.04 Å². The Morgan fingerprint density at radius 2 is 2.10 bits per heavy atom. The van der Waals surface area contributed by atoms with Crippen molar-refractivity contribution < 1.29 is 0 Å². The summed E-state index contributed by atoms with van der Waals surface area (Å²) in [6.07, 6.45) is 7.02. The van der Waals surface area contributed by atoms with Gasteiger partial charge in [-0.2, -0.15) is 11.3 Å². The molecule has 0 aromatic carbocycles. The van der Waals surface area contributed by atoms with Crippen molar-refractivity contribution in [3.8, 4) is 11.3 Å². The molecule has 21 heavy (non-hydrogen) atoms. The number of nitrogens with one attached hydrogen (secondary N) is 1. The summed E-state index contributed by atoms with van der Waals surface area (Å²) in [4.78, 5) is 4.79. The van der Waals surface area contributed by atoms with Crippen LogP contribution in [0.15, 0.2) is 35.2 Å². The van der Waals surface area contributed by atoms with Gasteiger partial charge < -0.3 is 5.32 Å². The van der Waals surface area contributed by atoms with E-state index < -0.39 is 0 Å². The molecule has 0 atom stereocenters. The summed E-state index contributed by atoms with van der Waals surface area (Å²) >= 11 is 7.86. The summed E-state index contributed by atoms with van der Waals surface area (Å²) in [7, 11) is 0. The standard InChI is InChI=1S/C16H16ClN3S/c17-12-5-6-14-19-15(11-7-8-21-10-11)16(20(14)9-12)18-13-3-1-2-4-13/h5-10,13,18H,1-4H2. The number of hydrogen-bond acceptors (Lipinski definition) is 3. The van der Waals surface area contributed by atoms with Crippen molar-refractivity contribution in [2.45, 2.75) is 31.7 Å². The first-order valence-corrected chi connectivity index (χ1v) is 8.60. The van der Waals surface area contributed by atoms with Gasteiger partial charge in [0, 0.05) is 23.2 Å². The molecule has 1 N–H and O–H groups in total. The molecule has 3 heterocycles. The SMILES string of the molecule is Clc1ccc2nc(-c3ccsc3)c(NC3CCCC3)n2c1. The van der Waals surface area contributed by atoms with Crippen molar-refractivity contribution in [1.29, 1.82) is 0 Å². The van der Waals surface area contributed by atoms with Crippen LogP contribution in [0.2, 0.25) is 5.02 Å². The maximum Gasteiger partial charge on any atom is 0.139 e. The summed E-state index contributed by atoms with van der Waals surface area (Å²) < 4.78 is 2.08. The molecular weight excluding hydrogens is 302 g/mol. The number of fused-ring (bicyclic) bond motifs is 1. The zero-order valence-electron chi connectivity index (χ0n) is 11.6. The number of hydrogen-bond donors (Lipinski definition) is 1. The Balaban J connectivity index is 1.86. The molecule has 0 saturated heterocycles. The number of imidazole rings is 1. The summed E-state index contributed by atoms with van der Waals surface area (Å²) in [6.45, 7) is 0. The lowest BCUT2D eigenvalue weighted by Gasteiger charge is -2.14. The largest absolute Gasteiger partial charge is 0.367 e. The van der Waals surface area contributed by atoms with Gasteiger partial charge in [0.05, 0.1) is 5.02 Å². The van der Waals surface area contributed by atoms with Crippen LogP contribution in [0.25, 0.3) is 16.9 Å². The molecule has 108 valence electrons. The molecule has 1 saturated carbocycles. The van der Waals surface area contributed by atoms with Gasteiger partial charge in [0.2, 0.25) is 0 Å². The van der Waals surface area contributed by atoms with E-state index in [1.165, 1.54) is 31.2 Å². The van der Waals surface area contributed by atoms with Crippen LogP contribution in [0.4, 0.5) is 5.82 Å². The predicted molar refractivity (Wildman–Crippen MR) is 89.4 cm³/mol. The molecule has 1 fully saturated rings. The van der Waals surface area contributed by atoms with Crippen LogP contribution >= 0.6 is 22.9 Å². The first-order chi connectivity index (χ1) is 10.3. The molecule has 3 aromatic heterocycles. The average Bonchev–Trinajstić information content (AvgIpc) is 3.20. The molecule has 0 unspecified atom stereocenters. The molecule has 0 spiro atoms. The van der Waals surface area contributed by atoms with Crippen LogP contribution in [0.5, 0.6) is 0 Å². The minimum absolute atomic E-state index is 0.543. The molecule has 0 aliphatic heterocycles. The number of halogens is 1. The van der Waals surface area contributed by atoms with E-state index in [4.69, 9.17) is 16.6 Å². The predicted octanol–water partition coefficient (Wildman–Crippen LogP) is 5.07. The van der Waals surface area contributed by atoms with Crippen LogP contribution in [-0.2, 0) is 0 Å². The molecule has 3 aromatic rings. The Labute approximate surface area is 132 Å². The summed E-state index contributed by atoms with van der Waals surface area (Å²) in [5, 5.41) is 8.65. The van der Waals surface area contributed by atoms with E-state index in [1.54, 1.807) is 11.3 Å². The van der Waals surface area contributed by atoms with Crippen molar-refractivity contribution in [3.63, 3.8) is 0 Å². The third-order valence-electron chi connectivity index (χ3n) is 4.07. The first-order valence-electron chi connectivity index (χ1n) is 7.28. The maximum atomic E-state index is 6.17. The molecule has 5 heteroatoms. The van der Waals surface area contributed by atoms with Crippen molar-refractivity contribution in [1.82, 2.24) is 9.38 Å². The Bertz CT molecular complexity index is 757. The fraction of sp³-hybridized carbons (Fsp3) is 0.312. The van der Waals surface area contributed by atoms with Crippen molar-refractivity contribution in [2.24, 2.45) is 0 Å². The summed E-state index contributed by atoms with van der Waals surface area (Å²) in [6, 6.07) is 6.52. The second-order valence-electron chi connectivity index (χ2n) is 5.52. The third-order valence-corrected chi connectivity index (χ3v) is 4.98. The molecule has 0 bridgehead atoms. The second-order valence-corrected chi connectivity index (χ2v) is 6.74. The van der Waals surface area contributed by atoms with E-state index in [-0.39, 0.29) is 0 Å². The quantitative estimate of drug-likeness (QED) is 0.730. The van der Waals surface area contributed by atoms with Gasteiger partial charge in [0.25, 0.3) is 0 Å². The summed E-state index contributed by atoms with van der Waals surface area (Å²) in [5.74, 6) is 1.07. The van der Waals surface area contributed by atoms with Gasteiger partial charge in [-0.1, -0.05) is 24.4 Å². The highest BCUT2D eigenvalue weighted by molar-refractivity contribution is 7.08. The smallest absolute Gasteiger partial charge is 0.139 e. The van der Waals surface area contributed by atoms with E-state index in [0.717, 1.165) is 22.2 Å². The molecule has 1 aliphatic carbocycles. The Hall–Kier alpha value is -1.52. The highest BCUT2D eigenvalue weighted by atomic mass is 35.5. The Morgan fingerprint density at radius 3 is 2.86 bits per heavy atom. The third kappa shape index (κ3) is 2.43. The van der Waals surface area contributed by atoms with E-state index in [2.05, 4.69) is 26.5 Å². The molecule has 0 radical (unpaired) electrons. The minimum atomic E-state index is 0.543. The van der Waals surface area contributed by atoms with Crippen molar-refractivity contribution in [2.75, 3.05) is 5.32 Å². The van der Waals surface area contributed by atoms with Gasteiger partial charge in [-0.05, 0) is 36.4 Å². The molecular formula is C16H16ClN3S. The normalized spacial score (nSPS) is 15.9. The average molecular weight is 318 g/mol. The molecule has 4 rings (SSSR count). The number of thiophene rings is 1. The van der Waals surface area contributed by atoms with Gasteiger partial charge in [-0.3, -0.25) is 4.40 Å². The number of aromatic nitrogens is 2. The summed E-state index contributed by atoms with van der Waals surface area (Å²) in [5.41, 5.74) is 3.12. The highest BCUT2D eigenvalue weighted by Crippen LogP contribution is 2.33. The van der Waals surface area contributed by atoms with E-state index in [1.807, 2.05) is 18.3 Å². The molecule has 0 amide bonds. The van der Waals surface area contributed by atoms with Crippen molar-refractivity contribution >= 4 is 34.4 Å². The van der Waals surface area contributed by atoms with Gasteiger partial charge >= 0.3 is 0 Å². The lowest BCUT2D eigenvalue weighted by Crippen LogP contribution is -2.16. The number of pyridine rings is 1.